The van der Waals surface area contributed by atoms with Crippen molar-refractivity contribution >= 4 is 5.91 Å². The number of nitrogens with zero attached hydrogens (tertiary/aromatic N) is 3. The molecule has 0 radical (unpaired) electrons. The second-order valence-electron chi connectivity index (χ2n) is 3.75. The molecule has 5 heteroatoms. The summed E-state index contributed by atoms with van der Waals surface area (Å²) in [5, 5.41) is 11.5. The minimum Gasteiger partial charge on any atom is -0.350 e. The topological polar surface area (TPSA) is 70.7 Å². The van der Waals surface area contributed by atoms with Crippen molar-refractivity contribution in [1.29, 1.82) is 5.26 Å². The van der Waals surface area contributed by atoms with Crippen LogP contribution in [0.2, 0.25) is 0 Å². The van der Waals surface area contributed by atoms with E-state index in [1.165, 1.54) is 0 Å². The molecule has 0 aliphatic heterocycles. The van der Waals surface area contributed by atoms with E-state index in [9.17, 15) is 4.79 Å². The lowest BCUT2D eigenvalue weighted by Gasteiger charge is -2.05. The van der Waals surface area contributed by atoms with Gasteiger partial charge in [0.15, 0.2) is 0 Å². The number of hydrogen-bond donors (Lipinski definition) is 1. The van der Waals surface area contributed by atoms with Gasteiger partial charge in [-0.25, -0.2) is 4.98 Å². The first-order valence-electron chi connectivity index (χ1n) is 5.54. The Morgan fingerprint density at radius 3 is 3.11 bits per heavy atom. The van der Waals surface area contributed by atoms with Gasteiger partial charge in [0.2, 0.25) is 0 Å². The van der Waals surface area contributed by atoms with E-state index in [1.807, 2.05) is 16.8 Å². The van der Waals surface area contributed by atoms with Crippen LogP contribution in [-0.4, -0.2) is 22.0 Å². The molecular formula is C13H12N4O. The van der Waals surface area contributed by atoms with E-state index in [-0.39, 0.29) is 5.91 Å². The molecular weight excluding hydrogens is 228 g/mol. The van der Waals surface area contributed by atoms with Gasteiger partial charge in [-0.2, -0.15) is 5.26 Å². The van der Waals surface area contributed by atoms with Crippen molar-refractivity contribution in [1.82, 2.24) is 14.9 Å². The summed E-state index contributed by atoms with van der Waals surface area (Å²) in [7, 11) is 0. The average molecular weight is 240 g/mol. The summed E-state index contributed by atoms with van der Waals surface area (Å²) in [6, 6.07) is 8.64. The molecule has 0 aliphatic rings. The molecule has 2 rings (SSSR count). The van der Waals surface area contributed by atoms with Gasteiger partial charge >= 0.3 is 0 Å². The molecule has 0 spiro atoms. The highest BCUT2D eigenvalue weighted by molar-refractivity contribution is 5.94. The SMILES string of the molecule is N#Cc1cccc(C(=O)NCCn2ccnc2)c1. The maximum atomic E-state index is 11.8. The van der Waals surface area contributed by atoms with E-state index < -0.39 is 0 Å². The van der Waals surface area contributed by atoms with Crippen LogP contribution < -0.4 is 5.32 Å². The second-order valence-corrected chi connectivity index (χ2v) is 3.75. The Morgan fingerprint density at radius 2 is 2.39 bits per heavy atom. The predicted octanol–water partition coefficient (Wildman–Crippen LogP) is 1.18. The van der Waals surface area contributed by atoms with Crippen LogP contribution in [0.15, 0.2) is 43.0 Å². The number of imidazole rings is 1. The van der Waals surface area contributed by atoms with Gasteiger partial charge in [-0.3, -0.25) is 4.79 Å². The van der Waals surface area contributed by atoms with Crippen molar-refractivity contribution in [3.8, 4) is 6.07 Å². The number of carbonyl (C=O) groups is 1. The number of carbonyl (C=O) groups excluding carboxylic acids is 1. The Morgan fingerprint density at radius 1 is 1.50 bits per heavy atom. The molecule has 2 aromatic rings. The molecule has 0 atom stereocenters. The quantitative estimate of drug-likeness (QED) is 0.872. The van der Waals surface area contributed by atoms with E-state index in [0.717, 1.165) is 0 Å². The standard InChI is InChI=1S/C13H12N4O/c14-9-11-2-1-3-12(8-11)13(18)16-5-7-17-6-4-15-10-17/h1-4,6,8,10H,5,7H2,(H,16,18). The van der Waals surface area contributed by atoms with Crippen molar-refractivity contribution in [3.63, 3.8) is 0 Å². The number of benzene rings is 1. The summed E-state index contributed by atoms with van der Waals surface area (Å²) in [5.74, 6) is -0.174. The maximum Gasteiger partial charge on any atom is 0.251 e. The molecule has 1 aromatic carbocycles. The third kappa shape index (κ3) is 2.95. The van der Waals surface area contributed by atoms with Crippen molar-refractivity contribution in [2.24, 2.45) is 0 Å². The van der Waals surface area contributed by atoms with Crippen LogP contribution in [0.4, 0.5) is 0 Å². The molecule has 0 aliphatic carbocycles. The lowest BCUT2D eigenvalue weighted by atomic mass is 10.1. The number of amides is 1. The number of nitriles is 1. The Balaban J connectivity index is 1.89. The Hall–Kier alpha value is -2.61. The highest BCUT2D eigenvalue weighted by Gasteiger charge is 2.05. The monoisotopic (exact) mass is 240 g/mol. The Kier molecular flexibility index (Phi) is 3.72. The summed E-state index contributed by atoms with van der Waals surface area (Å²) in [4.78, 5) is 15.7. The van der Waals surface area contributed by atoms with Crippen LogP contribution in [0.5, 0.6) is 0 Å². The summed E-state index contributed by atoms with van der Waals surface area (Å²) < 4.78 is 1.88. The van der Waals surface area contributed by atoms with Gasteiger partial charge in [0, 0.05) is 31.0 Å². The fourth-order valence-electron chi connectivity index (χ4n) is 1.55. The second kappa shape index (κ2) is 5.64. The zero-order valence-electron chi connectivity index (χ0n) is 9.71. The summed E-state index contributed by atoms with van der Waals surface area (Å²) in [6.45, 7) is 1.19. The molecule has 0 unspecified atom stereocenters. The van der Waals surface area contributed by atoms with Crippen molar-refractivity contribution in [2.75, 3.05) is 6.54 Å². The number of hydrogen-bond acceptors (Lipinski definition) is 3. The Bertz CT molecular complexity index is 569. The van der Waals surface area contributed by atoms with E-state index in [0.29, 0.717) is 24.2 Å². The van der Waals surface area contributed by atoms with Gasteiger partial charge in [0.1, 0.15) is 0 Å². The summed E-state index contributed by atoms with van der Waals surface area (Å²) >= 11 is 0. The summed E-state index contributed by atoms with van der Waals surface area (Å²) in [6.07, 6.45) is 5.23. The van der Waals surface area contributed by atoms with Crippen LogP contribution in [0, 0.1) is 11.3 Å². The van der Waals surface area contributed by atoms with Crippen LogP contribution >= 0.6 is 0 Å². The first-order valence-corrected chi connectivity index (χ1v) is 5.54. The van der Waals surface area contributed by atoms with Gasteiger partial charge in [0.25, 0.3) is 5.91 Å². The van der Waals surface area contributed by atoms with E-state index in [4.69, 9.17) is 5.26 Å². The fraction of sp³-hybridized carbons (Fsp3) is 0.154. The highest BCUT2D eigenvalue weighted by Crippen LogP contribution is 2.03. The molecule has 18 heavy (non-hydrogen) atoms. The van der Waals surface area contributed by atoms with E-state index >= 15 is 0 Å². The Labute approximate surface area is 105 Å². The molecule has 1 N–H and O–H groups in total. The summed E-state index contributed by atoms with van der Waals surface area (Å²) in [5.41, 5.74) is 0.983. The minimum atomic E-state index is -0.174. The first-order chi connectivity index (χ1) is 8.79. The molecule has 0 saturated carbocycles. The number of nitrogens with one attached hydrogen (secondary N) is 1. The molecule has 0 saturated heterocycles. The molecule has 1 amide bonds. The third-order valence-corrected chi connectivity index (χ3v) is 2.47. The zero-order valence-corrected chi connectivity index (χ0v) is 9.71. The average Bonchev–Trinajstić information content (AvgIpc) is 2.92. The van der Waals surface area contributed by atoms with Crippen LogP contribution in [0.1, 0.15) is 15.9 Å². The smallest absolute Gasteiger partial charge is 0.251 e. The van der Waals surface area contributed by atoms with E-state index in [1.54, 1.807) is 36.8 Å². The lowest BCUT2D eigenvalue weighted by molar-refractivity contribution is 0.0952. The lowest BCUT2D eigenvalue weighted by Crippen LogP contribution is -2.27. The maximum absolute atomic E-state index is 11.8. The van der Waals surface area contributed by atoms with Crippen molar-refractivity contribution in [3.05, 3.63) is 54.1 Å². The predicted molar refractivity (Wildman–Crippen MR) is 65.7 cm³/mol. The third-order valence-electron chi connectivity index (χ3n) is 2.47. The molecule has 1 aromatic heterocycles. The normalized spacial score (nSPS) is 9.72. The molecule has 90 valence electrons. The van der Waals surface area contributed by atoms with Crippen LogP contribution in [0.3, 0.4) is 0 Å². The zero-order chi connectivity index (χ0) is 12.8. The number of rotatable bonds is 4. The highest BCUT2D eigenvalue weighted by atomic mass is 16.1. The molecule has 5 nitrogen and oxygen atoms in total. The van der Waals surface area contributed by atoms with Crippen LogP contribution in [0.25, 0.3) is 0 Å². The molecule has 0 fully saturated rings. The minimum absolute atomic E-state index is 0.174. The van der Waals surface area contributed by atoms with Crippen molar-refractivity contribution in [2.45, 2.75) is 6.54 Å². The molecule has 1 heterocycles. The van der Waals surface area contributed by atoms with E-state index in [2.05, 4.69) is 10.3 Å². The van der Waals surface area contributed by atoms with Gasteiger partial charge in [-0.15, -0.1) is 0 Å². The van der Waals surface area contributed by atoms with Crippen LogP contribution in [-0.2, 0) is 6.54 Å². The fourth-order valence-corrected chi connectivity index (χ4v) is 1.55. The molecule has 0 bridgehead atoms. The van der Waals surface area contributed by atoms with Gasteiger partial charge in [0.05, 0.1) is 18.0 Å². The number of aromatic nitrogens is 2. The van der Waals surface area contributed by atoms with Gasteiger partial charge in [-0.05, 0) is 18.2 Å². The van der Waals surface area contributed by atoms with Gasteiger partial charge < -0.3 is 9.88 Å². The largest absolute Gasteiger partial charge is 0.350 e. The first kappa shape index (κ1) is 11.9. The van der Waals surface area contributed by atoms with Crippen molar-refractivity contribution < 1.29 is 4.79 Å². The van der Waals surface area contributed by atoms with Gasteiger partial charge in [-0.1, -0.05) is 6.07 Å².